The van der Waals surface area contributed by atoms with E-state index >= 15 is 0 Å². The highest BCUT2D eigenvalue weighted by Crippen LogP contribution is 2.26. The summed E-state index contributed by atoms with van der Waals surface area (Å²) in [4.78, 5) is 12.3. The number of tetrazole rings is 1. The quantitative estimate of drug-likeness (QED) is 0.881. The molecule has 7 nitrogen and oxygen atoms in total. The number of benzene rings is 1. The number of amides is 1. The number of hydrogen-bond donors (Lipinski definition) is 2. The second-order valence-electron chi connectivity index (χ2n) is 6.15. The minimum atomic E-state index is 0. The Morgan fingerprint density at radius 3 is 2.88 bits per heavy atom. The number of carbonyl (C=O) groups excluding carboxylic acids is 1. The number of rotatable bonds is 4. The molecule has 1 aromatic carbocycles. The molecule has 2 atom stereocenters. The van der Waals surface area contributed by atoms with E-state index < -0.39 is 0 Å². The first-order valence-electron chi connectivity index (χ1n) is 8.04. The highest BCUT2D eigenvalue weighted by molar-refractivity contribution is 5.91. The Kier molecular flexibility index (Phi) is 6.28. The lowest BCUT2D eigenvalue weighted by molar-refractivity contribution is -0.117. The van der Waals surface area contributed by atoms with Gasteiger partial charge in [0, 0.05) is 18.2 Å². The first-order valence-corrected chi connectivity index (χ1v) is 8.04. The molecular weight excluding hydrogens is 328 g/mol. The van der Waals surface area contributed by atoms with Crippen molar-refractivity contribution in [2.75, 3.05) is 5.32 Å². The number of nitrogens with one attached hydrogen (secondary N) is 1. The Balaban J connectivity index is 0.00000208. The highest BCUT2D eigenvalue weighted by atomic mass is 35.5. The first kappa shape index (κ1) is 18.4. The smallest absolute Gasteiger partial charge is 0.224 e. The third-order valence-corrected chi connectivity index (χ3v) is 4.42. The van der Waals surface area contributed by atoms with Gasteiger partial charge in [0.15, 0.2) is 5.82 Å². The van der Waals surface area contributed by atoms with Crippen LogP contribution in [0.1, 0.15) is 37.9 Å². The third kappa shape index (κ3) is 4.30. The second kappa shape index (κ2) is 8.21. The zero-order chi connectivity index (χ0) is 16.2. The van der Waals surface area contributed by atoms with Crippen LogP contribution in [0.25, 0.3) is 5.69 Å². The van der Waals surface area contributed by atoms with E-state index in [0.717, 1.165) is 24.2 Å². The second-order valence-corrected chi connectivity index (χ2v) is 6.15. The predicted molar refractivity (Wildman–Crippen MR) is 94.3 cm³/mol. The molecule has 1 aliphatic carbocycles. The lowest BCUT2D eigenvalue weighted by Crippen LogP contribution is -2.35. The van der Waals surface area contributed by atoms with Crippen molar-refractivity contribution in [2.24, 2.45) is 11.7 Å². The fourth-order valence-corrected chi connectivity index (χ4v) is 3.13. The van der Waals surface area contributed by atoms with E-state index in [1.165, 1.54) is 12.8 Å². The van der Waals surface area contributed by atoms with Crippen LogP contribution in [0.15, 0.2) is 24.3 Å². The molecule has 1 saturated carbocycles. The zero-order valence-corrected chi connectivity index (χ0v) is 14.5. The number of anilines is 1. The summed E-state index contributed by atoms with van der Waals surface area (Å²) in [5, 5.41) is 14.4. The van der Waals surface area contributed by atoms with Gasteiger partial charge in [-0.05, 0) is 54.3 Å². The van der Waals surface area contributed by atoms with Crippen LogP contribution >= 0.6 is 12.4 Å². The van der Waals surface area contributed by atoms with Gasteiger partial charge in [0.2, 0.25) is 5.91 Å². The fourth-order valence-electron chi connectivity index (χ4n) is 3.13. The van der Waals surface area contributed by atoms with Crippen LogP contribution in [0.5, 0.6) is 0 Å². The van der Waals surface area contributed by atoms with Gasteiger partial charge in [0.25, 0.3) is 0 Å². The van der Waals surface area contributed by atoms with Gasteiger partial charge in [-0.25, -0.2) is 0 Å². The van der Waals surface area contributed by atoms with E-state index in [9.17, 15) is 4.79 Å². The molecule has 2 aromatic rings. The fraction of sp³-hybridized carbons (Fsp3) is 0.500. The number of carbonyl (C=O) groups is 1. The Morgan fingerprint density at radius 1 is 1.38 bits per heavy atom. The molecule has 0 aliphatic heterocycles. The molecule has 0 saturated heterocycles. The first-order chi connectivity index (χ1) is 11.1. The largest absolute Gasteiger partial charge is 0.327 e. The molecule has 1 aromatic heterocycles. The molecule has 0 spiro atoms. The highest BCUT2D eigenvalue weighted by Gasteiger charge is 2.24. The van der Waals surface area contributed by atoms with Crippen molar-refractivity contribution in [1.29, 1.82) is 0 Å². The van der Waals surface area contributed by atoms with Gasteiger partial charge in [0.1, 0.15) is 0 Å². The maximum absolute atomic E-state index is 12.3. The Morgan fingerprint density at radius 2 is 2.17 bits per heavy atom. The predicted octanol–water partition coefficient (Wildman–Crippen LogP) is 2.24. The summed E-state index contributed by atoms with van der Waals surface area (Å²) in [6.45, 7) is 1.83. The number of nitrogens with zero attached hydrogens (tertiary/aromatic N) is 4. The average Bonchev–Trinajstić information content (AvgIpc) is 2.96. The summed E-state index contributed by atoms with van der Waals surface area (Å²) in [5.41, 5.74) is 7.68. The van der Waals surface area contributed by atoms with Crippen molar-refractivity contribution in [2.45, 2.75) is 45.1 Å². The summed E-state index contributed by atoms with van der Waals surface area (Å²) in [6, 6.07) is 7.64. The zero-order valence-electron chi connectivity index (χ0n) is 13.7. The molecule has 3 rings (SSSR count). The summed E-state index contributed by atoms with van der Waals surface area (Å²) in [7, 11) is 0. The molecule has 24 heavy (non-hydrogen) atoms. The standard InChI is InChI=1S/C16H22N6O.ClH/c1-11-19-20-21-22(11)14-7-4-6-13(10-14)18-16(23)9-12-5-2-3-8-15(12)17;/h4,6-7,10,12,15H,2-3,5,8-9,17H2,1H3,(H,18,23);1H. The molecule has 1 aliphatic rings. The number of hydrogen-bond acceptors (Lipinski definition) is 5. The van der Waals surface area contributed by atoms with Crippen LogP contribution in [0.4, 0.5) is 5.69 Å². The van der Waals surface area contributed by atoms with Crippen LogP contribution in [0.2, 0.25) is 0 Å². The van der Waals surface area contributed by atoms with Gasteiger partial charge >= 0.3 is 0 Å². The van der Waals surface area contributed by atoms with Crippen molar-refractivity contribution >= 4 is 24.0 Å². The summed E-state index contributed by atoms with van der Waals surface area (Å²) in [6.07, 6.45) is 4.88. The molecule has 0 bridgehead atoms. The average molecular weight is 351 g/mol. The van der Waals surface area contributed by atoms with E-state index in [2.05, 4.69) is 20.8 Å². The van der Waals surface area contributed by atoms with Crippen molar-refractivity contribution in [3.63, 3.8) is 0 Å². The Hall–Kier alpha value is -1.99. The van der Waals surface area contributed by atoms with Gasteiger partial charge in [-0.1, -0.05) is 18.9 Å². The van der Waals surface area contributed by atoms with Gasteiger partial charge in [-0.3, -0.25) is 4.79 Å². The van der Waals surface area contributed by atoms with Crippen LogP contribution in [-0.4, -0.2) is 32.2 Å². The molecular formula is C16H23ClN6O. The minimum absolute atomic E-state index is 0. The van der Waals surface area contributed by atoms with Crippen molar-refractivity contribution in [3.8, 4) is 5.69 Å². The lowest BCUT2D eigenvalue weighted by atomic mass is 9.83. The van der Waals surface area contributed by atoms with Crippen LogP contribution in [0.3, 0.4) is 0 Å². The van der Waals surface area contributed by atoms with Gasteiger partial charge in [-0.2, -0.15) is 4.68 Å². The lowest BCUT2D eigenvalue weighted by Gasteiger charge is -2.27. The summed E-state index contributed by atoms with van der Waals surface area (Å²) in [5.74, 6) is 0.994. The molecule has 130 valence electrons. The van der Waals surface area contributed by atoms with Crippen molar-refractivity contribution < 1.29 is 4.79 Å². The maximum atomic E-state index is 12.3. The van der Waals surface area contributed by atoms with Gasteiger partial charge in [-0.15, -0.1) is 17.5 Å². The monoisotopic (exact) mass is 350 g/mol. The molecule has 1 amide bonds. The van der Waals surface area contributed by atoms with E-state index in [-0.39, 0.29) is 30.3 Å². The minimum Gasteiger partial charge on any atom is -0.327 e. The topological polar surface area (TPSA) is 98.7 Å². The number of aryl methyl sites for hydroxylation is 1. The van der Waals surface area contributed by atoms with Gasteiger partial charge < -0.3 is 11.1 Å². The molecule has 1 fully saturated rings. The summed E-state index contributed by atoms with van der Waals surface area (Å²) >= 11 is 0. The maximum Gasteiger partial charge on any atom is 0.224 e. The number of nitrogens with two attached hydrogens (primary N) is 1. The Labute approximate surface area is 147 Å². The Bertz CT molecular complexity index is 689. The molecule has 2 unspecified atom stereocenters. The van der Waals surface area contributed by atoms with Crippen LogP contribution in [-0.2, 0) is 4.79 Å². The third-order valence-electron chi connectivity index (χ3n) is 4.42. The van der Waals surface area contributed by atoms with E-state index in [0.29, 0.717) is 12.2 Å². The number of halogens is 1. The normalized spacial score (nSPS) is 20.2. The van der Waals surface area contributed by atoms with Crippen molar-refractivity contribution in [1.82, 2.24) is 20.2 Å². The number of aromatic nitrogens is 4. The molecule has 0 radical (unpaired) electrons. The van der Waals surface area contributed by atoms with Crippen LogP contribution in [0, 0.1) is 12.8 Å². The van der Waals surface area contributed by atoms with E-state index in [1.54, 1.807) is 4.68 Å². The van der Waals surface area contributed by atoms with E-state index in [4.69, 9.17) is 5.73 Å². The summed E-state index contributed by atoms with van der Waals surface area (Å²) < 4.78 is 1.63. The SMILES string of the molecule is Cc1nnnn1-c1cccc(NC(=O)CC2CCCCC2N)c1.Cl. The molecule has 8 heteroatoms. The van der Waals surface area contributed by atoms with Crippen molar-refractivity contribution in [3.05, 3.63) is 30.1 Å². The van der Waals surface area contributed by atoms with Gasteiger partial charge in [0.05, 0.1) is 5.69 Å². The van der Waals surface area contributed by atoms with Crippen LogP contribution < -0.4 is 11.1 Å². The van der Waals surface area contributed by atoms with E-state index in [1.807, 2.05) is 31.2 Å². The molecule has 3 N–H and O–H groups in total. The molecule has 1 heterocycles.